The number of carbonyl (C=O) groups excluding carboxylic acids is 1. The Balaban J connectivity index is 1.51. The van der Waals surface area contributed by atoms with Gasteiger partial charge in [0, 0.05) is 31.1 Å². The number of nitrogens with zero attached hydrogens (tertiary/aromatic N) is 3. The topological polar surface area (TPSA) is 38.1 Å². The van der Waals surface area contributed by atoms with Gasteiger partial charge in [-0.1, -0.05) is 30.3 Å². The van der Waals surface area contributed by atoms with Gasteiger partial charge < -0.3 is 9.47 Å². The Labute approximate surface area is 158 Å². The molecule has 0 aliphatic carbocycles. The quantitative estimate of drug-likeness (QED) is 0.610. The van der Waals surface area contributed by atoms with Crippen molar-refractivity contribution in [1.29, 1.82) is 0 Å². The molecule has 3 aromatic rings. The zero-order valence-corrected chi connectivity index (χ0v) is 15.8. The Morgan fingerprint density at radius 2 is 1.96 bits per heavy atom. The average molecular weight is 366 g/mol. The molecule has 0 radical (unpaired) electrons. The predicted octanol–water partition coefficient (Wildman–Crippen LogP) is 4.33. The molecule has 134 valence electrons. The third kappa shape index (κ3) is 3.73. The number of Topliss-reactive ketones (excluding diaryl/α,β-unsaturated/α-hetero) is 1. The highest BCUT2D eigenvalue weighted by atomic mass is 32.1. The average Bonchev–Trinajstić information content (AvgIpc) is 3.37. The van der Waals surface area contributed by atoms with E-state index in [4.69, 9.17) is 4.98 Å². The third-order valence-electron chi connectivity index (χ3n) is 4.78. The summed E-state index contributed by atoms with van der Waals surface area (Å²) >= 11 is 1.71. The number of carbonyl (C=O) groups is 1. The molecule has 4 rings (SSSR count). The number of hydrogen-bond acceptors (Lipinski definition) is 4. The lowest BCUT2D eigenvalue weighted by molar-refractivity contribution is 0.0984. The fraction of sp³-hybridized carbons (Fsp3) is 0.333. The fourth-order valence-corrected chi connectivity index (χ4v) is 4.36. The van der Waals surface area contributed by atoms with Crippen molar-refractivity contribution in [3.63, 3.8) is 0 Å². The number of rotatable bonds is 6. The smallest absolute Gasteiger partial charge is 0.185 e. The molecule has 0 bridgehead atoms. The molecule has 26 heavy (non-hydrogen) atoms. The van der Waals surface area contributed by atoms with E-state index >= 15 is 0 Å². The Morgan fingerprint density at radius 3 is 2.73 bits per heavy atom. The molecule has 5 heteroatoms. The van der Waals surface area contributed by atoms with Gasteiger partial charge in [-0.25, -0.2) is 4.98 Å². The number of thiazole rings is 1. The van der Waals surface area contributed by atoms with Crippen LogP contribution in [0.15, 0.2) is 48.0 Å². The van der Waals surface area contributed by atoms with Crippen molar-refractivity contribution in [2.75, 3.05) is 18.0 Å². The summed E-state index contributed by atoms with van der Waals surface area (Å²) in [5.41, 5.74) is 3.95. The van der Waals surface area contributed by atoms with E-state index in [0.29, 0.717) is 13.0 Å². The van der Waals surface area contributed by atoms with Crippen molar-refractivity contribution >= 4 is 22.3 Å². The molecule has 1 aliphatic rings. The molecule has 2 aromatic heterocycles. The standard InChI is InChI=1S/C21H23N3OS/c1-16-11-19(20(25)12-17-7-3-2-4-8-17)24(13-16)14-18-15-26-21(22-18)23-9-5-6-10-23/h2-4,7-8,11,13,15H,5-6,9-10,12,14H2,1H3. The number of ketones is 1. The largest absolute Gasteiger partial charge is 0.348 e. The summed E-state index contributed by atoms with van der Waals surface area (Å²) in [5.74, 6) is 0.152. The summed E-state index contributed by atoms with van der Waals surface area (Å²) in [7, 11) is 0. The maximum absolute atomic E-state index is 12.8. The van der Waals surface area contributed by atoms with Crippen LogP contribution in [0, 0.1) is 6.92 Å². The zero-order valence-electron chi connectivity index (χ0n) is 15.0. The van der Waals surface area contributed by atoms with E-state index in [1.165, 1.54) is 12.8 Å². The summed E-state index contributed by atoms with van der Waals surface area (Å²) in [6, 6.07) is 11.9. The molecule has 0 saturated carbocycles. The Bertz CT molecular complexity index is 891. The van der Waals surface area contributed by atoms with E-state index in [0.717, 1.165) is 40.7 Å². The van der Waals surface area contributed by atoms with Gasteiger partial charge in [-0.3, -0.25) is 4.79 Å². The molecular weight excluding hydrogens is 342 g/mol. The number of hydrogen-bond donors (Lipinski definition) is 0. The number of benzene rings is 1. The molecule has 1 fully saturated rings. The number of aryl methyl sites for hydroxylation is 1. The second kappa shape index (κ2) is 7.46. The van der Waals surface area contributed by atoms with Gasteiger partial charge in [-0.2, -0.15) is 0 Å². The van der Waals surface area contributed by atoms with E-state index in [9.17, 15) is 4.79 Å². The molecule has 1 aliphatic heterocycles. The lowest BCUT2D eigenvalue weighted by Crippen LogP contribution is -2.17. The van der Waals surface area contributed by atoms with Crippen LogP contribution in [0.2, 0.25) is 0 Å². The van der Waals surface area contributed by atoms with Crippen LogP contribution in [0.5, 0.6) is 0 Å². The zero-order chi connectivity index (χ0) is 17.9. The Kier molecular flexibility index (Phi) is 4.89. The first-order chi connectivity index (χ1) is 12.7. The van der Waals surface area contributed by atoms with Crippen LogP contribution in [-0.2, 0) is 13.0 Å². The molecular formula is C21H23N3OS. The summed E-state index contributed by atoms with van der Waals surface area (Å²) < 4.78 is 2.05. The van der Waals surface area contributed by atoms with Gasteiger partial charge >= 0.3 is 0 Å². The van der Waals surface area contributed by atoms with Gasteiger partial charge in [0.15, 0.2) is 10.9 Å². The first kappa shape index (κ1) is 17.0. The molecule has 0 spiro atoms. The molecule has 1 saturated heterocycles. The van der Waals surface area contributed by atoms with Crippen molar-refractivity contribution < 1.29 is 4.79 Å². The maximum atomic E-state index is 12.8. The van der Waals surface area contributed by atoms with E-state index in [1.54, 1.807) is 11.3 Å². The minimum atomic E-state index is 0.152. The van der Waals surface area contributed by atoms with Gasteiger partial charge in [0.1, 0.15) is 0 Å². The highest BCUT2D eigenvalue weighted by molar-refractivity contribution is 7.13. The van der Waals surface area contributed by atoms with Gasteiger partial charge in [0.2, 0.25) is 0 Å². The van der Waals surface area contributed by atoms with Crippen molar-refractivity contribution in [2.24, 2.45) is 0 Å². The third-order valence-corrected chi connectivity index (χ3v) is 5.73. The second-order valence-corrected chi connectivity index (χ2v) is 7.77. The van der Waals surface area contributed by atoms with E-state index < -0.39 is 0 Å². The Morgan fingerprint density at radius 1 is 1.19 bits per heavy atom. The monoisotopic (exact) mass is 365 g/mol. The first-order valence-electron chi connectivity index (χ1n) is 9.12. The fourth-order valence-electron chi connectivity index (χ4n) is 3.49. The lowest BCUT2D eigenvalue weighted by atomic mass is 10.1. The molecule has 1 aromatic carbocycles. The van der Waals surface area contributed by atoms with Crippen LogP contribution in [0.4, 0.5) is 5.13 Å². The lowest BCUT2D eigenvalue weighted by Gasteiger charge is -2.12. The summed E-state index contributed by atoms with van der Waals surface area (Å²) in [5, 5.41) is 3.23. The second-order valence-electron chi connectivity index (χ2n) is 6.93. The number of anilines is 1. The number of aromatic nitrogens is 2. The van der Waals surface area contributed by atoms with Crippen LogP contribution >= 0.6 is 11.3 Å². The molecule has 0 atom stereocenters. The summed E-state index contributed by atoms with van der Waals surface area (Å²) in [6.45, 7) is 4.90. The highest BCUT2D eigenvalue weighted by Crippen LogP contribution is 2.25. The van der Waals surface area contributed by atoms with Gasteiger partial charge in [0.25, 0.3) is 0 Å². The van der Waals surface area contributed by atoms with Crippen molar-refractivity contribution in [3.05, 3.63) is 70.5 Å². The molecule has 0 N–H and O–H groups in total. The molecule has 3 heterocycles. The van der Waals surface area contributed by atoms with Crippen LogP contribution in [-0.4, -0.2) is 28.4 Å². The van der Waals surface area contributed by atoms with Gasteiger partial charge in [0.05, 0.1) is 17.9 Å². The van der Waals surface area contributed by atoms with Crippen molar-refractivity contribution in [3.8, 4) is 0 Å². The van der Waals surface area contributed by atoms with Crippen molar-refractivity contribution in [2.45, 2.75) is 32.7 Å². The Hall–Kier alpha value is -2.40. The van der Waals surface area contributed by atoms with E-state index in [1.807, 2.05) is 54.1 Å². The SMILES string of the molecule is Cc1cc(C(=O)Cc2ccccc2)n(Cc2csc(N3CCCC3)n2)c1. The van der Waals surface area contributed by atoms with E-state index in [-0.39, 0.29) is 5.78 Å². The minimum absolute atomic E-state index is 0.152. The van der Waals surface area contributed by atoms with Crippen LogP contribution in [0.25, 0.3) is 0 Å². The van der Waals surface area contributed by atoms with Crippen LogP contribution < -0.4 is 4.90 Å². The molecule has 0 amide bonds. The first-order valence-corrected chi connectivity index (χ1v) is 10.0. The normalized spacial score (nSPS) is 14.1. The van der Waals surface area contributed by atoms with Crippen molar-refractivity contribution in [1.82, 2.24) is 9.55 Å². The molecule has 4 nitrogen and oxygen atoms in total. The van der Waals surface area contributed by atoms with Crippen LogP contribution in [0.1, 0.15) is 40.2 Å². The van der Waals surface area contributed by atoms with Gasteiger partial charge in [-0.15, -0.1) is 11.3 Å². The van der Waals surface area contributed by atoms with Crippen LogP contribution in [0.3, 0.4) is 0 Å². The maximum Gasteiger partial charge on any atom is 0.185 e. The van der Waals surface area contributed by atoms with Gasteiger partial charge in [-0.05, 0) is 37.0 Å². The summed E-state index contributed by atoms with van der Waals surface area (Å²) in [6.07, 6.45) is 4.99. The predicted molar refractivity (Wildman–Crippen MR) is 106 cm³/mol. The highest BCUT2D eigenvalue weighted by Gasteiger charge is 2.17. The summed E-state index contributed by atoms with van der Waals surface area (Å²) in [4.78, 5) is 20.0. The molecule has 0 unspecified atom stereocenters. The van der Waals surface area contributed by atoms with E-state index in [2.05, 4.69) is 10.3 Å². The minimum Gasteiger partial charge on any atom is -0.348 e.